The normalized spacial score (nSPS) is 12.4. The van der Waals surface area contributed by atoms with Gasteiger partial charge in [-0.15, -0.1) is 0 Å². The fourth-order valence-corrected chi connectivity index (χ4v) is 12.7. The summed E-state index contributed by atoms with van der Waals surface area (Å²) in [6.45, 7) is 13.5. The molecule has 4 heterocycles. The molecule has 0 saturated heterocycles. The molecule has 6 heteroatoms. The molecule has 12 aromatic carbocycles. The molecule has 0 saturated carbocycles. The van der Waals surface area contributed by atoms with Gasteiger partial charge in [0.2, 0.25) is 0 Å². The van der Waals surface area contributed by atoms with Gasteiger partial charge in [-0.2, -0.15) is 0 Å². The van der Waals surface area contributed by atoms with E-state index in [4.69, 9.17) is 17.7 Å². The molecule has 404 valence electrons. The van der Waals surface area contributed by atoms with Crippen molar-refractivity contribution in [2.24, 2.45) is 0 Å². The molecule has 16 aromatic rings. The molecule has 0 aliphatic rings. The van der Waals surface area contributed by atoms with Gasteiger partial charge >= 0.3 is 0 Å². The lowest BCUT2D eigenvalue weighted by molar-refractivity contribution is 0.590. The Morgan fingerprint density at radius 1 is 0.250 bits per heavy atom. The molecule has 4 aromatic heterocycles. The quantitative estimate of drug-likeness (QED) is 0.151. The summed E-state index contributed by atoms with van der Waals surface area (Å²) in [4.78, 5) is 4.69. The molecule has 0 aliphatic carbocycles. The Labute approximate surface area is 486 Å². The maximum absolute atomic E-state index is 6.95. The minimum Gasteiger partial charge on any atom is -0.456 e. The Morgan fingerprint density at radius 3 is 0.976 bits per heavy atom. The maximum Gasteiger partial charge on any atom is 0.137 e. The van der Waals surface area contributed by atoms with Crippen LogP contribution in [-0.2, 0) is 10.8 Å². The first kappa shape index (κ1) is 49.5. The first-order valence-electron chi connectivity index (χ1n) is 28.9. The molecule has 0 amide bonds. The van der Waals surface area contributed by atoms with Crippen molar-refractivity contribution in [3.05, 3.63) is 254 Å². The summed E-state index contributed by atoms with van der Waals surface area (Å²) in [6, 6.07) is 86.9. The Hall–Kier alpha value is -10.3. The third-order valence-corrected chi connectivity index (χ3v) is 17.1. The van der Waals surface area contributed by atoms with E-state index in [0.29, 0.717) is 0 Å². The largest absolute Gasteiger partial charge is 0.456 e. The Balaban J connectivity index is 0.827. The van der Waals surface area contributed by atoms with Crippen LogP contribution in [0.2, 0.25) is 0 Å². The number of rotatable bonds is 8. The molecule has 16 rings (SSSR count). The number of hydrogen-bond donors (Lipinski definition) is 0. The first-order valence-corrected chi connectivity index (χ1v) is 28.9. The molecule has 0 unspecified atom stereocenters. The van der Waals surface area contributed by atoms with Gasteiger partial charge in [-0.05, 0) is 141 Å². The highest BCUT2D eigenvalue weighted by molar-refractivity contribution is 6.17. The predicted octanol–water partition coefficient (Wildman–Crippen LogP) is 23.3. The number of fused-ring (bicyclic) bond motifs is 13. The molecule has 0 N–H and O–H groups in total. The molecule has 0 fully saturated rings. The highest BCUT2D eigenvalue weighted by Crippen LogP contribution is 2.49. The van der Waals surface area contributed by atoms with E-state index in [-0.39, 0.29) is 10.8 Å². The number of hydrogen-bond acceptors (Lipinski definition) is 6. The minimum absolute atomic E-state index is 0.00866. The van der Waals surface area contributed by atoms with E-state index in [1.54, 1.807) is 0 Å². The highest BCUT2D eigenvalue weighted by atomic mass is 16.3. The van der Waals surface area contributed by atoms with Gasteiger partial charge < -0.3 is 27.5 Å². The van der Waals surface area contributed by atoms with Crippen molar-refractivity contribution in [1.82, 2.24) is 0 Å². The fourth-order valence-electron chi connectivity index (χ4n) is 12.7. The van der Waals surface area contributed by atoms with Crippen molar-refractivity contribution in [2.75, 3.05) is 9.80 Å². The van der Waals surface area contributed by atoms with E-state index in [1.807, 2.05) is 24.3 Å². The van der Waals surface area contributed by atoms with Crippen molar-refractivity contribution in [3.8, 4) is 22.3 Å². The molecule has 0 atom stereocenters. The number of benzene rings is 12. The molecule has 0 aliphatic heterocycles. The van der Waals surface area contributed by atoms with Crippen molar-refractivity contribution >= 4 is 133 Å². The third kappa shape index (κ3) is 8.15. The molecule has 6 nitrogen and oxygen atoms in total. The topological polar surface area (TPSA) is 59.0 Å². The minimum atomic E-state index is -0.00866. The lowest BCUT2D eigenvalue weighted by Gasteiger charge is -2.29. The van der Waals surface area contributed by atoms with Crippen LogP contribution < -0.4 is 9.80 Å². The van der Waals surface area contributed by atoms with E-state index in [1.165, 1.54) is 11.1 Å². The lowest BCUT2D eigenvalue weighted by atomic mass is 9.87. The zero-order chi connectivity index (χ0) is 56.6. The predicted molar refractivity (Wildman–Crippen MR) is 351 cm³/mol. The van der Waals surface area contributed by atoms with Gasteiger partial charge in [-0.3, -0.25) is 0 Å². The fraction of sp³-hybridized carbons (Fsp3) is 0.103. The Bertz CT molecular complexity index is 4930. The van der Waals surface area contributed by atoms with Gasteiger partial charge in [-0.1, -0.05) is 163 Å². The Kier molecular flexibility index (Phi) is 11.0. The van der Waals surface area contributed by atoms with Crippen molar-refractivity contribution < 1.29 is 17.7 Å². The van der Waals surface area contributed by atoms with Gasteiger partial charge in [0.05, 0.1) is 11.4 Å². The van der Waals surface area contributed by atoms with Crippen molar-refractivity contribution in [3.63, 3.8) is 0 Å². The summed E-state index contributed by atoms with van der Waals surface area (Å²) < 4.78 is 27.1. The highest BCUT2D eigenvalue weighted by Gasteiger charge is 2.26. The van der Waals surface area contributed by atoms with E-state index in [2.05, 4.69) is 270 Å². The zero-order valence-corrected chi connectivity index (χ0v) is 47.6. The molecule has 0 spiro atoms. The molecule has 0 radical (unpaired) electrons. The average molecular weight is 1090 g/mol. The van der Waals surface area contributed by atoms with E-state index in [9.17, 15) is 0 Å². The number of nitrogens with zero attached hydrogens (tertiary/aromatic N) is 2. The maximum atomic E-state index is 6.95. The summed E-state index contributed by atoms with van der Waals surface area (Å²) in [5.74, 6) is 0. The molecular formula is C78H58N2O4. The summed E-state index contributed by atoms with van der Waals surface area (Å²) in [6.07, 6.45) is 0. The zero-order valence-electron chi connectivity index (χ0n) is 47.6. The van der Waals surface area contributed by atoms with E-state index < -0.39 is 0 Å². The standard InChI is InChI=1S/C78H58N2O4/c1-77(2,3)51-25-29-53(30-26-51)79(67-45-75-65(57-21-13-15-23-69(57)81-75)43-61(67)47-17-9-7-10-18-47)55-33-35-59-63-37-49-40-72-64(38-50(49)39-71(63)83-73(59)41-55)60-36-34-56(42-74(60)84-72)80(54-31-27-52(28-32-54)78(4,5)6)68-46-76-66(58-22-14-16-24-70(58)82-76)44-62(68)48-19-11-8-12-20-48/h7-46H,1-6H3. The van der Waals surface area contributed by atoms with Crippen LogP contribution in [0.4, 0.5) is 34.1 Å². The first-order chi connectivity index (χ1) is 40.8. The molecular weight excluding hydrogens is 1030 g/mol. The average Bonchev–Trinajstić information content (AvgIpc) is 2.44. The van der Waals surface area contributed by atoms with Crippen LogP contribution in [0.15, 0.2) is 260 Å². The summed E-state index contributed by atoms with van der Waals surface area (Å²) >= 11 is 0. The third-order valence-electron chi connectivity index (χ3n) is 17.1. The van der Waals surface area contributed by atoms with Crippen LogP contribution in [-0.4, -0.2) is 0 Å². The van der Waals surface area contributed by atoms with Gasteiger partial charge in [0.25, 0.3) is 0 Å². The van der Waals surface area contributed by atoms with E-state index >= 15 is 0 Å². The van der Waals surface area contributed by atoms with Crippen LogP contribution in [0.3, 0.4) is 0 Å². The number of anilines is 6. The SMILES string of the molecule is CC(C)(C)c1ccc(N(c2ccc3c(c2)oc2cc4cc5c(cc4cc23)oc2cc(N(c3ccc(C(C)(C)C)cc3)c3cc4oc6ccccc6c4cc3-c3ccccc3)ccc25)c2cc3oc4ccccc4c3cc2-c2ccccc2)cc1. The lowest BCUT2D eigenvalue weighted by Crippen LogP contribution is -2.13. The van der Waals surface area contributed by atoms with Gasteiger partial charge in [-0.25, -0.2) is 0 Å². The van der Waals surface area contributed by atoms with Crippen LogP contribution in [0.5, 0.6) is 0 Å². The van der Waals surface area contributed by atoms with Gasteiger partial charge in [0.1, 0.15) is 44.7 Å². The second-order valence-electron chi connectivity index (χ2n) is 24.5. The van der Waals surface area contributed by atoms with Crippen LogP contribution in [0, 0.1) is 0 Å². The monoisotopic (exact) mass is 1090 g/mol. The van der Waals surface area contributed by atoms with Gasteiger partial charge in [0.15, 0.2) is 0 Å². The van der Waals surface area contributed by atoms with Crippen molar-refractivity contribution in [2.45, 2.75) is 52.4 Å². The van der Waals surface area contributed by atoms with Crippen molar-refractivity contribution in [1.29, 1.82) is 0 Å². The van der Waals surface area contributed by atoms with Crippen LogP contribution in [0.25, 0.3) is 121 Å². The number of para-hydroxylation sites is 2. The van der Waals surface area contributed by atoms with Crippen LogP contribution >= 0.6 is 0 Å². The van der Waals surface area contributed by atoms with Crippen LogP contribution in [0.1, 0.15) is 52.7 Å². The second-order valence-corrected chi connectivity index (χ2v) is 24.5. The smallest absolute Gasteiger partial charge is 0.137 e. The summed E-state index contributed by atoms with van der Waals surface area (Å²) in [5.41, 5.74) is 19.6. The summed E-state index contributed by atoms with van der Waals surface area (Å²) in [7, 11) is 0. The number of furan rings is 4. The Morgan fingerprint density at radius 2 is 0.571 bits per heavy atom. The van der Waals surface area contributed by atoms with E-state index in [0.717, 1.165) is 155 Å². The molecule has 84 heavy (non-hydrogen) atoms. The second kappa shape index (κ2) is 18.6. The summed E-state index contributed by atoms with van der Waals surface area (Å²) in [5, 5.41) is 10.6. The van der Waals surface area contributed by atoms with Gasteiger partial charge in [0, 0.05) is 101 Å². The molecule has 0 bridgehead atoms.